The number of carbonyl (C=O) groups is 1. The van der Waals surface area contributed by atoms with Gasteiger partial charge in [0.25, 0.3) is 5.69 Å². The molecule has 1 N–H and O–H groups in total. The summed E-state index contributed by atoms with van der Waals surface area (Å²) in [4.78, 5) is 24.9. The first kappa shape index (κ1) is 14.7. The van der Waals surface area contributed by atoms with E-state index in [4.69, 9.17) is 5.11 Å². The van der Waals surface area contributed by atoms with Gasteiger partial charge in [-0.05, 0) is 22.0 Å². The molecule has 0 unspecified atom stereocenters. The van der Waals surface area contributed by atoms with Crippen molar-refractivity contribution in [3.8, 4) is 0 Å². The van der Waals surface area contributed by atoms with Crippen LogP contribution in [0.4, 0.5) is 11.4 Å². The Balaban J connectivity index is 2.03. The van der Waals surface area contributed by atoms with Gasteiger partial charge < -0.3 is 10.0 Å². The van der Waals surface area contributed by atoms with Crippen LogP contribution in [0.5, 0.6) is 0 Å². The predicted molar refractivity (Wildman–Crippen MR) is 77.1 cm³/mol. The third-order valence-electron chi connectivity index (χ3n) is 3.21. The quantitative estimate of drug-likeness (QED) is 0.659. The first-order chi connectivity index (χ1) is 9.47. The number of nitro benzene ring substituents is 1. The highest BCUT2D eigenvalue weighted by Gasteiger charge is 2.21. The average Bonchev–Trinajstić information content (AvgIpc) is 2.39. The summed E-state index contributed by atoms with van der Waals surface area (Å²) in [7, 11) is 0. The number of nitrogens with zero attached hydrogens (tertiary/aromatic N) is 3. The molecular formula is C12H14BrN3O4. The number of hydrogen-bond acceptors (Lipinski definition) is 5. The van der Waals surface area contributed by atoms with E-state index in [-0.39, 0.29) is 12.2 Å². The van der Waals surface area contributed by atoms with Crippen LogP contribution < -0.4 is 4.90 Å². The SMILES string of the molecule is O=C(O)CN1CCN(c2ccc([N+](=O)[O-])cc2Br)CC1. The number of non-ortho nitro benzene ring substituents is 1. The third-order valence-corrected chi connectivity index (χ3v) is 3.85. The Hall–Kier alpha value is -1.67. The van der Waals surface area contributed by atoms with E-state index < -0.39 is 10.9 Å². The Labute approximate surface area is 124 Å². The van der Waals surface area contributed by atoms with Crippen LogP contribution in [0.2, 0.25) is 0 Å². The number of halogens is 1. The van der Waals surface area contributed by atoms with Crippen LogP contribution in [-0.2, 0) is 4.79 Å². The molecule has 1 aliphatic rings. The zero-order valence-electron chi connectivity index (χ0n) is 10.7. The van der Waals surface area contributed by atoms with Crippen molar-refractivity contribution in [3.05, 3.63) is 32.8 Å². The van der Waals surface area contributed by atoms with Gasteiger partial charge in [-0.1, -0.05) is 0 Å². The third kappa shape index (κ3) is 3.45. The Kier molecular flexibility index (Phi) is 4.56. The highest BCUT2D eigenvalue weighted by atomic mass is 79.9. The van der Waals surface area contributed by atoms with Gasteiger partial charge in [0.15, 0.2) is 0 Å². The number of hydrogen-bond donors (Lipinski definition) is 1. The number of benzene rings is 1. The van der Waals surface area contributed by atoms with E-state index in [2.05, 4.69) is 20.8 Å². The molecule has 7 nitrogen and oxygen atoms in total. The molecule has 0 atom stereocenters. The van der Waals surface area contributed by atoms with E-state index in [0.717, 1.165) is 5.69 Å². The summed E-state index contributed by atoms with van der Waals surface area (Å²) < 4.78 is 0.679. The number of nitro groups is 1. The summed E-state index contributed by atoms with van der Waals surface area (Å²) in [6.45, 7) is 2.77. The van der Waals surface area contributed by atoms with Crippen molar-refractivity contribution in [1.29, 1.82) is 0 Å². The molecule has 108 valence electrons. The molecule has 1 aliphatic heterocycles. The van der Waals surface area contributed by atoms with Crippen molar-refractivity contribution in [2.45, 2.75) is 0 Å². The van der Waals surface area contributed by atoms with Crippen LogP contribution in [0.25, 0.3) is 0 Å². The summed E-state index contributed by atoms with van der Waals surface area (Å²) in [5, 5.41) is 19.4. The second-order valence-electron chi connectivity index (χ2n) is 4.55. The van der Waals surface area contributed by atoms with Gasteiger partial charge in [0.05, 0.1) is 17.2 Å². The normalized spacial score (nSPS) is 16.1. The Morgan fingerprint density at radius 1 is 1.35 bits per heavy atom. The van der Waals surface area contributed by atoms with Crippen molar-refractivity contribution in [2.24, 2.45) is 0 Å². The molecule has 0 spiro atoms. The van der Waals surface area contributed by atoms with E-state index in [1.165, 1.54) is 12.1 Å². The van der Waals surface area contributed by atoms with Gasteiger partial charge >= 0.3 is 5.97 Å². The van der Waals surface area contributed by atoms with Gasteiger partial charge in [0.1, 0.15) is 0 Å². The van der Waals surface area contributed by atoms with Gasteiger partial charge in [-0.25, -0.2) is 0 Å². The van der Waals surface area contributed by atoms with Gasteiger partial charge in [-0.15, -0.1) is 0 Å². The fourth-order valence-corrected chi connectivity index (χ4v) is 2.82. The number of aliphatic carboxylic acids is 1. The largest absolute Gasteiger partial charge is 0.480 e. The van der Waals surface area contributed by atoms with Crippen LogP contribution in [0, 0.1) is 10.1 Å². The van der Waals surface area contributed by atoms with Crippen LogP contribution in [0.3, 0.4) is 0 Å². The molecule has 0 bridgehead atoms. The Morgan fingerprint density at radius 2 is 2.00 bits per heavy atom. The van der Waals surface area contributed by atoms with E-state index in [9.17, 15) is 14.9 Å². The summed E-state index contributed by atoms with van der Waals surface area (Å²) >= 11 is 3.35. The van der Waals surface area contributed by atoms with Crippen LogP contribution >= 0.6 is 15.9 Å². The zero-order valence-corrected chi connectivity index (χ0v) is 12.2. The standard InChI is InChI=1S/C12H14BrN3O4/c13-10-7-9(16(19)20)1-2-11(10)15-5-3-14(4-6-15)8-12(17)18/h1-2,7H,3-6,8H2,(H,17,18). The molecule has 0 radical (unpaired) electrons. The maximum Gasteiger partial charge on any atom is 0.317 e. The lowest BCUT2D eigenvalue weighted by atomic mass is 10.2. The van der Waals surface area contributed by atoms with Crippen LogP contribution in [0.15, 0.2) is 22.7 Å². The molecule has 20 heavy (non-hydrogen) atoms. The summed E-state index contributed by atoms with van der Waals surface area (Å²) in [6.07, 6.45) is 0. The van der Waals surface area contributed by atoms with E-state index in [1.54, 1.807) is 6.07 Å². The minimum absolute atomic E-state index is 0.0464. The van der Waals surface area contributed by atoms with E-state index in [0.29, 0.717) is 30.7 Å². The van der Waals surface area contributed by atoms with Crippen molar-refractivity contribution >= 4 is 33.3 Å². The number of carboxylic acid groups (broad SMARTS) is 1. The molecule has 1 fully saturated rings. The molecule has 1 aromatic rings. The molecule has 1 heterocycles. The first-order valence-corrected chi connectivity index (χ1v) is 6.89. The van der Waals surface area contributed by atoms with Crippen molar-refractivity contribution in [3.63, 3.8) is 0 Å². The van der Waals surface area contributed by atoms with Gasteiger partial charge in [-0.2, -0.15) is 0 Å². The molecule has 2 rings (SSSR count). The molecule has 0 aliphatic carbocycles. The van der Waals surface area contributed by atoms with Crippen LogP contribution in [0.1, 0.15) is 0 Å². The summed E-state index contributed by atoms with van der Waals surface area (Å²) in [6, 6.07) is 4.68. The Bertz CT molecular complexity index is 529. The molecule has 8 heteroatoms. The Morgan fingerprint density at radius 3 is 2.50 bits per heavy atom. The second kappa shape index (κ2) is 6.19. The second-order valence-corrected chi connectivity index (χ2v) is 5.40. The molecule has 0 aromatic heterocycles. The van der Waals surface area contributed by atoms with Gasteiger partial charge in [0, 0.05) is 42.8 Å². The molecule has 0 saturated carbocycles. The highest BCUT2D eigenvalue weighted by molar-refractivity contribution is 9.10. The van der Waals surface area contributed by atoms with E-state index in [1.807, 2.05) is 4.90 Å². The number of rotatable bonds is 4. The maximum absolute atomic E-state index is 10.7. The lowest BCUT2D eigenvalue weighted by Crippen LogP contribution is -2.48. The van der Waals surface area contributed by atoms with Gasteiger partial charge in [0.2, 0.25) is 0 Å². The molecule has 1 aromatic carbocycles. The zero-order chi connectivity index (χ0) is 14.7. The fraction of sp³-hybridized carbons (Fsp3) is 0.417. The van der Waals surface area contributed by atoms with Gasteiger partial charge in [-0.3, -0.25) is 19.8 Å². The fourth-order valence-electron chi connectivity index (χ4n) is 2.20. The van der Waals surface area contributed by atoms with Crippen molar-refractivity contribution in [2.75, 3.05) is 37.6 Å². The molecule has 0 amide bonds. The highest BCUT2D eigenvalue weighted by Crippen LogP contribution is 2.30. The molecule has 1 saturated heterocycles. The molecular weight excluding hydrogens is 330 g/mol. The predicted octanol–water partition coefficient (Wildman–Crippen LogP) is 1.56. The number of carboxylic acids is 1. The maximum atomic E-state index is 10.7. The van der Waals surface area contributed by atoms with Crippen molar-refractivity contribution < 1.29 is 14.8 Å². The monoisotopic (exact) mass is 343 g/mol. The lowest BCUT2D eigenvalue weighted by Gasteiger charge is -2.35. The first-order valence-electron chi connectivity index (χ1n) is 6.10. The van der Waals surface area contributed by atoms with Crippen LogP contribution in [-0.4, -0.2) is 53.6 Å². The minimum atomic E-state index is -0.824. The summed E-state index contributed by atoms with van der Waals surface area (Å²) in [5.74, 6) is -0.824. The smallest absolute Gasteiger partial charge is 0.317 e. The topological polar surface area (TPSA) is 86.9 Å². The lowest BCUT2D eigenvalue weighted by molar-refractivity contribution is -0.384. The average molecular weight is 344 g/mol. The number of piperazine rings is 1. The number of anilines is 1. The van der Waals surface area contributed by atoms with Crippen molar-refractivity contribution in [1.82, 2.24) is 4.90 Å². The minimum Gasteiger partial charge on any atom is -0.480 e. The summed E-state index contributed by atoms with van der Waals surface area (Å²) in [5.41, 5.74) is 0.940. The van der Waals surface area contributed by atoms with E-state index >= 15 is 0 Å².